The predicted octanol–water partition coefficient (Wildman–Crippen LogP) is 1.80. The Morgan fingerprint density at radius 1 is 1.48 bits per heavy atom. The van der Waals surface area contributed by atoms with E-state index in [4.69, 9.17) is 5.73 Å². The molecule has 4 N–H and O–H groups in total. The number of nitrogens with two attached hydrogens (primary N) is 1. The third kappa shape index (κ3) is 3.39. The molecule has 118 valence electrons. The Balaban J connectivity index is 2.33. The highest BCUT2D eigenvalue weighted by Crippen LogP contribution is 2.33. The van der Waals surface area contributed by atoms with Crippen molar-refractivity contribution in [3.8, 4) is 0 Å². The van der Waals surface area contributed by atoms with Crippen molar-refractivity contribution < 1.29 is 13.5 Å². The first-order chi connectivity index (χ1) is 9.80. The van der Waals surface area contributed by atoms with Crippen LogP contribution < -0.4 is 10.5 Å². The topological polar surface area (TPSA) is 92.4 Å². The average Bonchev–Trinajstić information content (AvgIpc) is 2.41. The van der Waals surface area contributed by atoms with Crippen molar-refractivity contribution in [2.24, 2.45) is 5.92 Å². The van der Waals surface area contributed by atoms with Gasteiger partial charge in [-0.25, -0.2) is 13.1 Å². The van der Waals surface area contributed by atoms with Gasteiger partial charge in [-0.2, -0.15) is 0 Å². The minimum Gasteiger partial charge on any atom is -0.398 e. The van der Waals surface area contributed by atoms with Crippen LogP contribution in [0.4, 0.5) is 5.69 Å². The number of rotatable bonds is 4. The van der Waals surface area contributed by atoms with Crippen LogP contribution in [0.1, 0.15) is 38.2 Å². The highest BCUT2D eigenvalue weighted by molar-refractivity contribution is 7.89. The van der Waals surface area contributed by atoms with Crippen molar-refractivity contribution in [2.45, 2.75) is 50.0 Å². The van der Waals surface area contributed by atoms with Crippen molar-refractivity contribution >= 4 is 15.7 Å². The van der Waals surface area contributed by atoms with Gasteiger partial charge >= 0.3 is 0 Å². The van der Waals surface area contributed by atoms with Crippen LogP contribution >= 0.6 is 0 Å². The molecule has 1 aliphatic carbocycles. The second kappa shape index (κ2) is 5.94. The molecule has 0 bridgehead atoms. The highest BCUT2D eigenvalue weighted by atomic mass is 32.2. The molecular formula is C15H24N2O3S. The molecule has 1 saturated carbocycles. The summed E-state index contributed by atoms with van der Waals surface area (Å²) in [6, 6.07) is 4.86. The van der Waals surface area contributed by atoms with Gasteiger partial charge in [-0.3, -0.25) is 0 Å². The van der Waals surface area contributed by atoms with Gasteiger partial charge < -0.3 is 10.8 Å². The molecule has 5 nitrogen and oxygen atoms in total. The van der Waals surface area contributed by atoms with Crippen molar-refractivity contribution in [3.05, 3.63) is 23.8 Å². The van der Waals surface area contributed by atoms with Crippen LogP contribution in [0.3, 0.4) is 0 Å². The number of aliphatic hydroxyl groups excluding tert-OH is 1. The van der Waals surface area contributed by atoms with Crippen LogP contribution in [0.5, 0.6) is 0 Å². The summed E-state index contributed by atoms with van der Waals surface area (Å²) >= 11 is 0. The van der Waals surface area contributed by atoms with Gasteiger partial charge in [0.2, 0.25) is 10.0 Å². The molecule has 1 fully saturated rings. The zero-order valence-electron chi connectivity index (χ0n) is 12.6. The van der Waals surface area contributed by atoms with Crippen LogP contribution in [0.15, 0.2) is 23.1 Å². The molecule has 0 saturated heterocycles. The van der Waals surface area contributed by atoms with Crippen LogP contribution in [-0.4, -0.2) is 25.7 Å². The number of sulfonamides is 1. The molecule has 2 unspecified atom stereocenters. The van der Waals surface area contributed by atoms with Gasteiger partial charge in [0.05, 0.1) is 17.0 Å². The lowest BCUT2D eigenvalue weighted by atomic mass is 9.78. The Kier molecular flexibility index (Phi) is 4.60. The van der Waals surface area contributed by atoms with E-state index in [2.05, 4.69) is 11.6 Å². The number of hydrogen-bond donors (Lipinski definition) is 3. The van der Waals surface area contributed by atoms with Gasteiger partial charge in [0.25, 0.3) is 0 Å². The maximum absolute atomic E-state index is 12.7. The molecule has 0 aliphatic heterocycles. The fraction of sp³-hybridized carbons (Fsp3) is 0.600. The molecule has 0 amide bonds. The van der Waals surface area contributed by atoms with Gasteiger partial charge in [-0.05, 0) is 43.4 Å². The number of hydrogen-bond acceptors (Lipinski definition) is 4. The zero-order valence-corrected chi connectivity index (χ0v) is 13.4. The zero-order chi connectivity index (χ0) is 15.7. The summed E-state index contributed by atoms with van der Waals surface area (Å²) in [6.07, 6.45) is 3.31. The second-order valence-corrected chi connectivity index (χ2v) is 7.87. The van der Waals surface area contributed by atoms with Crippen LogP contribution in [0.25, 0.3) is 0 Å². The summed E-state index contributed by atoms with van der Waals surface area (Å²) < 4.78 is 28.1. The van der Waals surface area contributed by atoms with Crippen molar-refractivity contribution in [3.63, 3.8) is 0 Å². The van der Waals surface area contributed by atoms with Gasteiger partial charge in [0, 0.05) is 5.69 Å². The summed E-state index contributed by atoms with van der Waals surface area (Å²) in [4.78, 5) is 0.188. The smallest absolute Gasteiger partial charge is 0.241 e. The normalized spacial score (nSPS) is 26.7. The van der Waals surface area contributed by atoms with Gasteiger partial charge in [-0.1, -0.05) is 25.8 Å². The summed E-state index contributed by atoms with van der Waals surface area (Å²) in [5.41, 5.74) is 6.04. The third-order valence-corrected chi connectivity index (χ3v) is 6.08. The van der Waals surface area contributed by atoms with E-state index in [1.165, 1.54) is 0 Å². The van der Waals surface area contributed by atoms with E-state index in [0.717, 1.165) is 12.8 Å². The van der Waals surface area contributed by atoms with Gasteiger partial charge in [-0.15, -0.1) is 0 Å². The third-order valence-electron chi connectivity index (χ3n) is 4.36. The average molecular weight is 312 g/mol. The van der Waals surface area contributed by atoms with E-state index in [9.17, 15) is 13.5 Å². The van der Waals surface area contributed by atoms with Crippen molar-refractivity contribution in [1.29, 1.82) is 0 Å². The lowest BCUT2D eigenvalue weighted by Crippen LogP contribution is -2.53. The Labute approximate surface area is 126 Å². The summed E-state index contributed by atoms with van der Waals surface area (Å²) in [6.45, 7) is 3.60. The maximum Gasteiger partial charge on any atom is 0.241 e. The molecular weight excluding hydrogens is 288 g/mol. The first-order valence-corrected chi connectivity index (χ1v) is 8.78. The number of aliphatic hydroxyl groups is 1. The maximum atomic E-state index is 12.7. The molecule has 0 radical (unpaired) electrons. The Morgan fingerprint density at radius 3 is 2.81 bits per heavy atom. The molecule has 0 aromatic heterocycles. The van der Waals surface area contributed by atoms with E-state index < -0.39 is 15.6 Å². The Morgan fingerprint density at radius 2 is 2.19 bits per heavy atom. The highest BCUT2D eigenvalue weighted by Gasteiger charge is 2.38. The molecule has 0 heterocycles. The largest absolute Gasteiger partial charge is 0.398 e. The number of benzene rings is 1. The SMILES string of the molecule is Cc1c(N)cccc1S(=O)(=O)NC1(CO)CCCC(C)C1. The first-order valence-electron chi connectivity index (χ1n) is 7.30. The van der Waals surface area contributed by atoms with Gasteiger partial charge in [0.15, 0.2) is 0 Å². The van der Waals surface area contributed by atoms with Crippen molar-refractivity contribution in [1.82, 2.24) is 4.72 Å². The molecule has 1 aromatic carbocycles. The minimum absolute atomic E-state index is 0.183. The Hall–Kier alpha value is -1.11. The number of nitrogens with one attached hydrogen (secondary N) is 1. The molecule has 21 heavy (non-hydrogen) atoms. The lowest BCUT2D eigenvalue weighted by molar-refractivity contribution is 0.119. The quantitative estimate of drug-likeness (QED) is 0.739. The van der Waals surface area contributed by atoms with E-state index >= 15 is 0 Å². The number of anilines is 1. The Bertz CT molecular complexity index is 615. The fourth-order valence-corrected chi connectivity index (χ4v) is 4.90. The fourth-order valence-electron chi connectivity index (χ4n) is 3.19. The van der Waals surface area contributed by atoms with Crippen molar-refractivity contribution in [2.75, 3.05) is 12.3 Å². The van der Waals surface area contributed by atoms with Crippen LogP contribution in [0.2, 0.25) is 0 Å². The molecule has 2 rings (SSSR count). The summed E-state index contributed by atoms with van der Waals surface area (Å²) in [5, 5.41) is 9.74. The minimum atomic E-state index is -3.70. The lowest BCUT2D eigenvalue weighted by Gasteiger charge is -2.39. The van der Waals surface area contributed by atoms with Crippen LogP contribution in [0, 0.1) is 12.8 Å². The molecule has 1 aromatic rings. The predicted molar refractivity (Wildman–Crippen MR) is 83.4 cm³/mol. The monoisotopic (exact) mass is 312 g/mol. The summed E-state index contributed by atoms with van der Waals surface area (Å²) in [5.74, 6) is 0.399. The van der Waals surface area contributed by atoms with E-state index in [1.807, 2.05) is 0 Å². The van der Waals surface area contributed by atoms with E-state index in [0.29, 0.717) is 30.0 Å². The second-order valence-electron chi connectivity index (χ2n) is 6.22. The molecule has 1 aliphatic rings. The standard InChI is InChI=1S/C15H24N2O3S/c1-11-5-4-8-15(9-11,10-18)17-21(19,20)14-7-3-6-13(16)12(14)2/h3,6-7,11,17-18H,4-5,8-10,16H2,1-2H3. The number of nitrogen functional groups attached to an aromatic ring is 1. The first kappa shape index (κ1) is 16.3. The van der Waals surface area contributed by atoms with E-state index in [1.54, 1.807) is 25.1 Å². The van der Waals surface area contributed by atoms with Crippen LogP contribution in [-0.2, 0) is 10.0 Å². The molecule has 0 spiro atoms. The van der Waals surface area contributed by atoms with E-state index in [-0.39, 0.29) is 11.5 Å². The van der Waals surface area contributed by atoms with Gasteiger partial charge in [0.1, 0.15) is 0 Å². The molecule has 6 heteroatoms. The molecule has 2 atom stereocenters. The summed E-state index contributed by atoms with van der Waals surface area (Å²) in [7, 11) is -3.70.